The van der Waals surface area contributed by atoms with Crippen molar-refractivity contribution in [1.29, 1.82) is 0 Å². The van der Waals surface area contributed by atoms with Crippen LogP contribution in [-0.4, -0.2) is 4.98 Å². The first-order chi connectivity index (χ1) is 6.79. The SMILES string of the molecule is Cc1cccc(C)c1-c1c[c]ccn1. The van der Waals surface area contributed by atoms with Gasteiger partial charge in [-0.1, -0.05) is 18.2 Å². The molecule has 1 radical (unpaired) electrons. The minimum Gasteiger partial charge on any atom is -0.256 e. The summed E-state index contributed by atoms with van der Waals surface area (Å²) in [5, 5.41) is 0. The molecule has 2 aromatic rings. The van der Waals surface area contributed by atoms with Crippen molar-refractivity contribution in [2.45, 2.75) is 13.8 Å². The highest BCUT2D eigenvalue weighted by atomic mass is 14.7. The highest BCUT2D eigenvalue weighted by molar-refractivity contribution is 5.66. The Morgan fingerprint density at radius 1 is 1.14 bits per heavy atom. The third-order valence-electron chi connectivity index (χ3n) is 2.34. The summed E-state index contributed by atoms with van der Waals surface area (Å²) in [4.78, 5) is 4.34. The average molecular weight is 182 g/mol. The maximum Gasteiger partial charge on any atom is 0.0713 e. The second-order valence-electron chi connectivity index (χ2n) is 3.41. The van der Waals surface area contributed by atoms with E-state index in [1.807, 2.05) is 12.1 Å². The summed E-state index contributed by atoms with van der Waals surface area (Å²) in [5.41, 5.74) is 4.75. The van der Waals surface area contributed by atoms with Crippen molar-refractivity contribution >= 4 is 0 Å². The Bertz CT molecular complexity index is 412. The molecule has 0 fully saturated rings. The van der Waals surface area contributed by atoms with Gasteiger partial charge in [-0.05, 0) is 43.2 Å². The summed E-state index contributed by atoms with van der Waals surface area (Å²) in [6.45, 7) is 4.22. The smallest absolute Gasteiger partial charge is 0.0713 e. The number of aryl methyl sites for hydroxylation is 2. The number of rotatable bonds is 1. The Hall–Kier alpha value is -1.63. The van der Waals surface area contributed by atoms with E-state index in [9.17, 15) is 0 Å². The molecule has 1 heteroatoms. The molecule has 1 aromatic heterocycles. The van der Waals surface area contributed by atoms with Crippen LogP contribution in [0.5, 0.6) is 0 Å². The Kier molecular flexibility index (Phi) is 2.32. The van der Waals surface area contributed by atoms with Crippen LogP contribution in [0, 0.1) is 19.9 Å². The molecule has 1 heterocycles. The van der Waals surface area contributed by atoms with Gasteiger partial charge in [-0.2, -0.15) is 0 Å². The lowest BCUT2D eigenvalue weighted by atomic mass is 10.00. The minimum atomic E-state index is 1.00. The standard InChI is InChI=1S/C13H12N/c1-10-6-5-7-11(2)13(10)12-8-3-4-9-14-12/h4-9H,1-2H3. The largest absolute Gasteiger partial charge is 0.256 e. The number of aromatic nitrogens is 1. The normalized spacial score (nSPS) is 10.1. The molecule has 0 saturated heterocycles. The van der Waals surface area contributed by atoms with Crippen molar-refractivity contribution in [1.82, 2.24) is 4.98 Å². The molecule has 0 saturated carbocycles. The van der Waals surface area contributed by atoms with Gasteiger partial charge in [0, 0.05) is 11.8 Å². The number of hydrogen-bond acceptors (Lipinski definition) is 1. The monoisotopic (exact) mass is 182 g/mol. The minimum absolute atomic E-state index is 1.00. The van der Waals surface area contributed by atoms with Gasteiger partial charge >= 0.3 is 0 Å². The van der Waals surface area contributed by atoms with Crippen molar-refractivity contribution in [2.24, 2.45) is 0 Å². The zero-order chi connectivity index (χ0) is 9.97. The zero-order valence-corrected chi connectivity index (χ0v) is 8.41. The van der Waals surface area contributed by atoms with Gasteiger partial charge in [0.15, 0.2) is 0 Å². The second-order valence-corrected chi connectivity index (χ2v) is 3.41. The third-order valence-corrected chi connectivity index (χ3v) is 2.34. The third kappa shape index (κ3) is 1.53. The summed E-state index contributed by atoms with van der Waals surface area (Å²) in [7, 11) is 0. The average Bonchev–Trinajstić information content (AvgIpc) is 2.19. The lowest BCUT2D eigenvalue weighted by Gasteiger charge is -2.07. The summed E-state index contributed by atoms with van der Waals surface area (Å²) in [5.74, 6) is 0. The molecule has 69 valence electrons. The number of pyridine rings is 1. The fourth-order valence-corrected chi connectivity index (χ4v) is 1.68. The molecule has 1 aromatic carbocycles. The van der Waals surface area contributed by atoms with Gasteiger partial charge in [-0.15, -0.1) is 0 Å². The maximum absolute atomic E-state index is 4.34. The molecule has 0 amide bonds. The van der Waals surface area contributed by atoms with Crippen LogP contribution in [0.3, 0.4) is 0 Å². The Labute approximate surface area is 84.4 Å². The molecule has 0 spiro atoms. The van der Waals surface area contributed by atoms with E-state index in [1.165, 1.54) is 16.7 Å². The quantitative estimate of drug-likeness (QED) is 0.660. The summed E-state index contributed by atoms with van der Waals surface area (Å²) >= 11 is 0. The van der Waals surface area contributed by atoms with Crippen LogP contribution in [0.2, 0.25) is 0 Å². The molecule has 1 nitrogen and oxygen atoms in total. The van der Waals surface area contributed by atoms with E-state index in [2.05, 4.69) is 43.1 Å². The molecular weight excluding hydrogens is 170 g/mol. The van der Waals surface area contributed by atoms with Crippen LogP contribution in [0.15, 0.2) is 36.5 Å². The van der Waals surface area contributed by atoms with Gasteiger partial charge in [-0.25, -0.2) is 0 Å². The van der Waals surface area contributed by atoms with Crippen molar-refractivity contribution < 1.29 is 0 Å². The second kappa shape index (κ2) is 3.62. The Morgan fingerprint density at radius 3 is 2.43 bits per heavy atom. The number of hydrogen-bond donors (Lipinski definition) is 0. The maximum atomic E-state index is 4.34. The van der Waals surface area contributed by atoms with Crippen LogP contribution >= 0.6 is 0 Å². The van der Waals surface area contributed by atoms with Crippen molar-refractivity contribution in [3.8, 4) is 11.3 Å². The van der Waals surface area contributed by atoms with E-state index in [0.29, 0.717) is 0 Å². The molecule has 0 N–H and O–H groups in total. The van der Waals surface area contributed by atoms with E-state index in [-0.39, 0.29) is 0 Å². The summed E-state index contributed by atoms with van der Waals surface area (Å²) in [6, 6.07) is 13.1. The fourth-order valence-electron chi connectivity index (χ4n) is 1.68. The first-order valence-corrected chi connectivity index (χ1v) is 4.68. The van der Waals surface area contributed by atoms with Gasteiger partial charge < -0.3 is 0 Å². The molecule has 14 heavy (non-hydrogen) atoms. The highest BCUT2D eigenvalue weighted by Crippen LogP contribution is 2.24. The fraction of sp³-hybridized carbons (Fsp3) is 0.154. The molecular formula is C13H12N. The van der Waals surface area contributed by atoms with Crippen molar-refractivity contribution in [2.75, 3.05) is 0 Å². The van der Waals surface area contributed by atoms with Gasteiger partial charge in [0.2, 0.25) is 0 Å². The molecule has 0 aliphatic rings. The summed E-state index contributed by atoms with van der Waals surface area (Å²) in [6.07, 6.45) is 1.78. The van der Waals surface area contributed by atoms with Crippen molar-refractivity contribution in [3.63, 3.8) is 0 Å². The van der Waals surface area contributed by atoms with Gasteiger partial charge in [0.05, 0.1) is 5.69 Å². The van der Waals surface area contributed by atoms with E-state index in [4.69, 9.17) is 0 Å². The molecule has 0 atom stereocenters. The van der Waals surface area contributed by atoms with Crippen LogP contribution in [-0.2, 0) is 0 Å². The first kappa shape index (κ1) is 8.95. The first-order valence-electron chi connectivity index (χ1n) is 4.68. The van der Waals surface area contributed by atoms with Crippen LogP contribution in [0.25, 0.3) is 11.3 Å². The molecule has 0 aliphatic heterocycles. The number of benzene rings is 1. The highest BCUT2D eigenvalue weighted by Gasteiger charge is 2.04. The van der Waals surface area contributed by atoms with Gasteiger partial charge in [0.1, 0.15) is 0 Å². The van der Waals surface area contributed by atoms with E-state index in [0.717, 1.165) is 5.69 Å². The molecule has 2 rings (SSSR count). The van der Waals surface area contributed by atoms with Crippen LogP contribution in [0.1, 0.15) is 11.1 Å². The van der Waals surface area contributed by atoms with Crippen LogP contribution < -0.4 is 0 Å². The van der Waals surface area contributed by atoms with E-state index < -0.39 is 0 Å². The lowest BCUT2D eigenvalue weighted by Crippen LogP contribution is -1.89. The predicted octanol–water partition coefficient (Wildman–Crippen LogP) is 3.17. The Balaban J connectivity index is 2.63. The molecule has 0 aliphatic carbocycles. The predicted molar refractivity (Wildman–Crippen MR) is 58.0 cm³/mol. The Morgan fingerprint density at radius 2 is 1.86 bits per heavy atom. The van der Waals surface area contributed by atoms with Gasteiger partial charge in [0.25, 0.3) is 0 Å². The number of nitrogens with zero attached hydrogens (tertiary/aromatic N) is 1. The van der Waals surface area contributed by atoms with E-state index >= 15 is 0 Å². The van der Waals surface area contributed by atoms with Crippen molar-refractivity contribution in [3.05, 3.63) is 53.7 Å². The summed E-state index contributed by atoms with van der Waals surface area (Å²) < 4.78 is 0. The lowest BCUT2D eigenvalue weighted by molar-refractivity contribution is 1.28. The molecule has 0 bridgehead atoms. The topological polar surface area (TPSA) is 12.9 Å². The van der Waals surface area contributed by atoms with Crippen LogP contribution in [0.4, 0.5) is 0 Å². The zero-order valence-electron chi connectivity index (χ0n) is 8.41. The van der Waals surface area contributed by atoms with Gasteiger partial charge in [-0.3, -0.25) is 4.98 Å². The van der Waals surface area contributed by atoms with E-state index in [1.54, 1.807) is 6.20 Å². The molecule has 0 unspecified atom stereocenters.